The van der Waals surface area contributed by atoms with Crippen LogP contribution in [0.25, 0.3) is 0 Å². The van der Waals surface area contributed by atoms with Crippen molar-refractivity contribution in [3.05, 3.63) is 0 Å². The molecule has 19 heavy (non-hydrogen) atoms. The molecule has 3 heteroatoms. The molecule has 3 atom stereocenters. The predicted molar refractivity (Wildman–Crippen MR) is 82.6 cm³/mol. The molecule has 2 rings (SSSR count). The van der Waals surface area contributed by atoms with Crippen molar-refractivity contribution in [2.24, 2.45) is 0 Å². The Morgan fingerprint density at radius 3 is 2.42 bits per heavy atom. The Bertz CT molecular complexity index is 256. The quantitative estimate of drug-likeness (QED) is 0.846. The molecule has 2 aliphatic rings. The van der Waals surface area contributed by atoms with Crippen LogP contribution in [0, 0.1) is 0 Å². The van der Waals surface area contributed by atoms with Crippen LogP contribution in [0.5, 0.6) is 0 Å². The Kier molecular flexibility index (Phi) is 6.11. The molecule has 1 saturated heterocycles. The number of nitrogens with zero attached hydrogens (tertiary/aromatic N) is 2. The normalized spacial score (nSPS) is 35.8. The Balaban J connectivity index is 1.97. The van der Waals surface area contributed by atoms with E-state index in [1.807, 2.05) is 0 Å². The largest absolute Gasteiger partial charge is 0.315 e. The van der Waals surface area contributed by atoms with Gasteiger partial charge >= 0.3 is 0 Å². The summed E-state index contributed by atoms with van der Waals surface area (Å²) in [6, 6.07) is 2.20. The summed E-state index contributed by atoms with van der Waals surface area (Å²) < 4.78 is 0. The Morgan fingerprint density at radius 2 is 1.79 bits per heavy atom. The van der Waals surface area contributed by atoms with Crippen LogP contribution in [0.2, 0.25) is 0 Å². The summed E-state index contributed by atoms with van der Waals surface area (Å²) in [5.74, 6) is 0. The second-order valence-electron chi connectivity index (χ2n) is 6.43. The van der Waals surface area contributed by atoms with Gasteiger partial charge in [0.2, 0.25) is 0 Å². The van der Waals surface area contributed by atoms with Crippen LogP contribution in [0.4, 0.5) is 0 Å². The summed E-state index contributed by atoms with van der Waals surface area (Å²) in [4.78, 5) is 5.40. The molecule has 0 aromatic carbocycles. The van der Waals surface area contributed by atoms with Crippen molar-refractivity contribution in [1.82, 2.24) is 15.1 Å². The molecule has 0 amide bonds. The summed E-state index contributed by atoms with van der Waals surface area (Å²) in [5, 5.41) is 3.60. The summed E-state index contributed by atoms with van der Waals surface area (Å²) in [6.45, 7) is 9.67. The van der Waals surface area contributed by atoms with E-state index in [1.54, 1.807) is 0 Å². The van der Waals surface area contributed by atoms with Gasteiger partial charge in [-0.2, -0.15) is 0 Å². The van der Waals surface area contributed by atoms with E-state index in [-0.39, 0.29) is 0 Å². The molecule has 0 spiro atoms. The van der Waals surface area contributed by atoms with Crippen molar-refractivity contribution in [2.75, 3.05) is 33.2 Å². The highest BCUT2D eigenvalue weighted by atomic mass is 15.3. The zero-order valence-corrected chi connectivity index (χ0v) is 13.2. The lowest BCUT2D eigenvalue weighted by Gasteiger charge is -2.45. The SMILES string of the molecule is CCN1CCN(C2CCCCCCC2NC)CC1C. The molecule has 3 unspecified atom stereocenters. The Labute approximate surface area is 119 Å². The van der Waals surface area contributed by atoms with E-state index in [9.17, 15) is 0 Å². The van der Waals surface area contributed by atoms with Gasteiger partial charge in [-0.25, -0.2) is 0 Å². The molecule has 112 valence electrons. The van der Waals surface area contributed by atoms with E-state index in [1.165, 1.54) is 64.7 Å². The van der Waals surface area contributed by atoms with Crippen molar-refractivity contribution in [3.8, 4) is 0 Å². The first-order valence-corrected chi connectivity index (χ1v) is 8.41. The molecule has 1 aliphatic carbocycles. The van der Waals surface area contributed by atoms with Gasteiger partial charge in [0.05, 0.1) is 0 Å². The zero-order chi connectivity index (χ0) is 13.7. The second kappa shape index (κ2) is 7.61. The first kappa shape index (κ1) is 15.3. The monoisotopic (exact) mass is 267 g/mol. The molecule has 1 heterocycles. The fourth-order valence-electron chi connectivity index (χ4n) is 4.03. The smallest absolute Gasteiger partial charge is 0.0250 e. The lowest BCUT2D eigenvalue weighted by molar-refractivity contribution is 0.0392. The van der Waals surface area contributed by atoms with Crippen LogP contribution in [-0.4, -0.2) is 61.2 Å². The van der Waals surface area contributed by atoms with E-state index < -0.39 is 0 Å². The number of likely N-dealkylation sites (N-methyl/N-ethyl adjacent to an activating group) is 2. The average Bonchev–Trinajstić information content (AvgIpc) is 2.39. The molecule has 1 aliphatic heterocycles. The fraction of sp³-hybridized carbons (Fsp3) is 1.00. The molecular formula is C16H33N3. The maximum Gasteiger partial charge on any atom is 0.0250 e. The van der Waals surface area contributed by atoms with Gasteiger partial charge in [-0.15, -0.1) is 0 Å². The third kappa shape index (κ3) is 3.93. The van der Waals surface area contributed by atoms with E-state index in [0.29, 0.717) is 6.04 Å². The van der Waals surface area contributed by atoms with Crippen LogP contribution >= 0.6 is 0 Å². The minimum Gasteiger partial charge on any atom is -0.315 e. The van der Waals surface area contributed by atoms with Crippen molar-refractivity contribution in [2.45, 2.75) is 70.5 Å². The molecule has 1 saturated carbocycles. The minimum absolute atomic E-state index is 0.709. The zero-order valence-electron chi connectivity index (χ0n) is 13.2. The van der Waals surface area contributed by atoms with E-state index in [4.69, 9.17) is 0 Å². The van der Waals surface area contributed by atoms with Crippen LogP contribution in [0.1, 0.15) is 52.4 Å². The molecule has 0 aromatic heterocycles. The molecule has 2 fully saturated rings. The molecule has 1 N–H and O–H groups in total. The van der Waals surface area contributed by atoms with Gasteiger partial charge in [-0.3, -0.25) is 9.80 Å². The summed E-state index contributed by atoms with van der Waals surface area (Å²) >= 11 is 0. The molecule has 0 bridgehead atoms. The van der Waals surface area contributed by atoms with Crippen molar-refractivity contribution in [1.29, 1.82) is 0 Å². The van der Waals surface area contributed by atoms with Crippen LogP contribution in [0.3, 0.4) is 0 Å². The van der Waals surface area contributed by atoms with Crippen LogP contribution < -0.4 is 5.32 Å². The maximum absolute atomic E-state index is 3.60. The van der Waals surface area contributed by atoms with Crippen molar-refractivity contribution >= 4 is 0 Å². The fourth-order valence-corrected chi connectivity index (χ4v) is 4.03. The van der Waals surface area contributed by atoms with Crippen molar-refractivity contribution < 1.29 is 0 Å². The summed E-state index contributed by atoms with van der Waals surface area (Å²) in [6.07, 6.45) is 8.47. The third-order valence-electron chi connectivity index (χ3n) is 5.27. The molecular weight excluding hydrogens is 234 g/mol. The summed E-state index contributed by atoms with van der Waals surface area (Å²) in [7, 11) is 2.16. The van der Waals surface area contributed by atoms with Gasteiger partial charge in [-0.1, -0.05) is 32.6 Å². The number of rotatable bonds is 3. The Hall–Kier alpha value is -0.120. The molecule has 0 radical (unpaired) electrons. The van der Waals surface area contributed by atoms with E-state index >= 15 is 0 Å². The van der Waals surface area contributed by atoms with Gasteiger partial charge < -0.3 is 5.32 Å². The van der Waals surface area contributed by atoms with E-state index in [0.717, 1.165) is 12.1 Å². The van der Waals surface area contributed by atoms with Gasteiger partial charge in [0.25, 0.3) is 0 Å². The highest BCUT2D eigenvalue weighted by Gasteiger charge is 2.31. The van der Waals surface area contributed by atoms with Crippen molar-refractivity contribution in [3.63, 3.8) is 0 Å². The minimum atomic E-state index is 0.709. The predicted octanol–water partition coefficient (Wildman–Crippen LogP) is 2.32. The molecule has 0 aromatic rings. The number of hydrogen-bond acceptors (Lipinski definition) is 3. The lowest BCUT2D eigenvalue weighted by Crippen LogP contribution is -2.59. The maximum atomic E-state index is 3.60. The van der Waals surface area contributed by atoms with Gasteiger partial charge in [-0.05, 0) is 33.4 Å². The Morgan fingerprint density at radius 1 is 1.05 bits per heavy atom. The van der Waals surface area contributed by atoms with E-state index in [2.05, 4.69) is 36.0 Å². The van der Waals surface area contributed by atoms with Gasteiger partial charge in [0.15, 0.2) is 0 Å². The number of piperazine rings is 1. The van der Waals surface area contributed by atoms with Crippen LogP contribution in [0.15, 0.2) is 0 Å². The lowest BCUT2D eigenvalue weighted by atomic mass is 9.90. The number of hydrogen-bond donors (Lipinski definition) is 1. The number of nitrogens with one attached hydrogen (secondary N) is 1. The first-order valence-electron chi connectivity index (χ1n) is 8.41. The third-order valence-corrected chi connectivity index (χ3v) is 5.27. The average molecular weight is 267 g/mol. The highest BCUT2D eigenvalue weighted by Crippen LogP contribution is 2.24. The molecule has 3 nitrogen and oxygen atoms in total. The second-order valence-corrected chi connectivity index (χ2v) is 6.43. The van der Waals surface area contributed by atoms with Gasteiger partial charge in [0, 0.05) is 37.8 Å². The van der Waals surface area contributed by atoms with Crippen LogP contribution in [-0.2, 0) is 0 Å². The topological polar surface area (TPSA) is 18.5 Å². The van der Waals surface area contributed by atoms with Gasteiger partial charge in [0.1, 0.15) is 0 Å². The summed E-state index contributed by atoms with van der Waals surface area (Å²) in [5.41, 5.74) is 0. The first-order chi connectivity index (χ1) is 9.26. The standard InChI is InChI=1S/C16H33N3/c1-4-18-11-12-19(13-14(18)2)16-10-8-6-5-7-9-15(16)17-3/h14-17H,4-13H2,1-3H3. The highest BCUT2D eigenvalue weighted by molar-refractivity contribution is 4.90.